The molecule has 2 heterocycles. The predicted octanol–water partition coefficient (Wildman–Crippen LogP) is 2.50. The van der Waals surface area contributed by atoms with Gasteiger partial charge in [0.2, 0.25) is 11.9 Å². The van der Waals surface area contributed by atoms with Crippen LogP contribution in [0.25, 0.3) is 0 Å². The predicted molar refractivity (Wildman–Crippen MR) is 101 cm³/mol. The number of carbonyl (C=O) groups excluding carboxylic acids is 2. The highest BCUT2D eigenvalue weighted by Crippen LogP contribution is 2.16. The Hall–Kier alpha value is -3.81. The lowest BCUT2D eigenvalue weighted by atomic mass is 10.2. The molecule has 0 atom stereocenters. The molecule has 0 spiro atoms. The third kappa shape index (κ3) is 5.33. The van der Waals surface area contributed by atoms with E-state index in [1.165, 1.54) is 13.1 Å². The summed E-state index contributed by atoms with van der Waals surface area (Å²) in [5.74, 6) is -0.134. The van der Waals surface area contributed by atoms with Gasteiger partial charge in [0.15, 0.2) is 0 Å². The number of hydrogen-bond acceptors (Lipinski definition) is 6. The molecule has 0 aliphatic heterocycles. The summed E-state index contributed by atoms with van der Waals surface area (Å²) < 4.78 is 0. The zero-order valence-electron chi connectivity index (χ0n) is 14.6. The second kappa shape index (κ2) is 8.52. The van der Waals surface area contributed by atoms with Gasteiger partial charge < -0.3 is 16.0 Å². The minimum atomic E-state index is -0.301. The average molecular weight is 362 g/mol. The van der Waals surface area contributed by atoms with Crippen LogP contribution in [0.1, 0.15) is 23.0 Å². The summed E-state index contributed by atoms with van der Waals surface area (Å²) in [6.07, 6.45) is 4.88. The van der Waals surface area contributed by atoms with E-state index in [1.54, 1.807) is 42.7 Å². The van der Waals surface area contributed by atoms with Gasteiger partial charge in [-0.3, -0.25) is 14.6 Å². The Labute approximate surface area is 156 Å². The third-order valence-corrected chi connectivity index (χ3v) is 3.53. The topological polar surface area (TPSA) is 109 Å². The van der Waals surface area contributed by atoms with E-state index < -0.39 is 0 Å². The van der Waals surface area contributed by atoms with E-state index in [-0.39, 0.29) is 17.5 Å². The van der Waals surface area contributed by atoms with Crippen molar-refractivity contribution in [2.24, 2.45) is 0 Å². The van der Waals surface area contributed by atoms with Crippen LogP contribution < -0.4 is 16.0 Å². The van der Waals surface area contributed by atoms with Gasteiger partial charge in [-0.05, 0) is 42.0 Å². The van der Waals surface area contributed by atoms with Crippen molar-refractivity contribution in [3.05, 3.63) is 72.3 Å². The molecule has 3 aromatic rings. The minimum absolute atomic E-state index is 0.135. The molecule has 136 valence electrons. The number of rotatable bonds is 6. The molecule has 2 aromatic heterocycles. The van der Waals surface area contributed by atoms with E-state index in [0.717, 1.165) is 11.3 Å². The lowest BCUT2D eigenvalue weighted by molar-refractivity contribution is -0.114. The number of aromatic nitrogens is 3. The Morgan fingerprint density at radius 3 is 2.48 bits per heavy atom. The van der Waals surface area contributed by atoms with Gasteiger partial charge in [-0.1, -0.05) is 6.07 Å². The molecule has 0 radical (unpaired) electrons. The highest BCUT2D eigenvalue weighted by molar-refractivity contribution is 5.92. The molecular weight excluding hydrogens is 344 g/mol. The standard InChI is InChI=1S/C19H18N6O2/c1-13(26)23-15-4-6-16(7-5-15)24-19-21-10-8-17(25-19)18(27)22-12-14-3-2-9-20-11-14/h2-11H,12H2,1H3,(H,22,27)(H,23,26)(H,21,24,25). The number of anilines is 3. The minimum Gasteiger partial charge on any atom is -0.347 e. The van der Waals surface area contributed by atoms with Crippen molar-refractivity contribution >= 4 is 29.1 Å². The molecule has 3 rings (SSSR count). The van der Waals surface area contributed by atoms with Crippen LogP contribution in [0.15, 0.2) is 61.1 Å². The van der Waals surface area contributed by atoms with Gasteiger partial charge in [-0.15, -0.1) is 0 Å². The molecular formula is C19H18N6O2. The van der Waals surface area contributed by atoms with Gasteiger partial charge >= 0.3 is 0 Å². The van der Waals surface area contributed by atoms with E-state index >= 15 is 0 Å². The number of amides is 2. The molecule has 0 saturated heterocycles. The molecule has 0 aliphatic carbocycles. The van der Waals surface area contributed by atoms with Gasteiger partial charge in [-0.25, -0.2) is 9.97 Å². The second-order valence-electron chi connectivity index (χ2n) is 5.69. The second-order valence-corrected chi connectivity index (χ2v) is 5.69. The van der Waals surface area contributed by atoms with Crippen molar-refractivity contribution < 1.29 is 9.59 Å². The highest BCUT2D eigenvalue weighted by Gasteiger charge is 2.09. The van der Waals surface area contributed by atoms with Crippen molar-refractivity contribution in [3.8, 4) is 0 Å². The van der Waals surface area contributed by atoms with E-state index in [2.05, 4.69) is 30.9 Å². The van der Waals surface area contributed by atoms with Gasteiger partial charge in [0.1, 0.15) is 5.69 Å². The summed E-state index contributed by atoms with van der Waals surface area (Å²) in [6.45, 7) is 1.81. The summed E-state index contributed by atoms with van der Waals surface area (Å²) in [4.78, 5) is 35.7. The quantitative estimate of drug-likeness (QED) is 0.622. The van der Waals surface area contributed by atoms with Gasteiger partial charge in [-0.2, -0.15) is 0 Å². The normalized spacial score (nSPS) is 10.1. The van der Waals surface area contributed by atoms with Crippen molar-refractivity contribution in [2.75, 3.05) is 10.6 Å². The first kappa shape index (κ1) is 18.0. The molecule has 1 aromatic carbocycles. The zero-order chi connectivity index (χ0) is 19.1. The van der Waals surface area contributed by atoms with Gasteiger partial charge in [0.05, 0.1) is 0 Å². The van der Waals surface area contributed by atoms with Gasteiger partial charge in [0.25, 0.3) is 5.91 Å². The van der Waals surface area contributed by atoms with E-state index in [1.807, 2.05) is 12.1 Å². The Bertz CT molecular complexity index is 928. The summed E-state index contributed by atoms with van der Waals surface area (Å²) in [7, 11) is 0. The molecule has 0 aliphatic rings. The summed E-state index contributed by atoms with van der Waals surface area (Å²) in [5.41, 5.74) is 2.58. The smallest absolute Gasteiger partial charge is 0.270 e. The summed E-state index contributed by atoms with van der Waals surface area (Å²) >= 11 is 0. The molecule has 27 heavy (non-hydrogen) atoms. The number of hydrogen-bond donors (Lipinski definition) is 3. The maximum Gasteiger partial charge on any atom is 0.270 e. The Morgan fingerprint density at radius 1 is 1.00 bits per heavy atom. The average Bonchev–Trinajstić information content (AvgIpc) is 2.68. The number of pyridine rings is 1. The van der Waals surface area contributed by atoms with Crippen molar-refractivity contribution in [1.29, 1.82) is 0 Å². The first-order valence-electron chi connectivity index (χ1n) is 8.25. The number of nitrogens with one attached hydrogen (secondary N) is 3. The maximum absolute atomic E-state index is 12.3. The van der Waals surface area contributed by atoms with Crippen LogP contribution in [0, 0.1) is 0 Å². The highest BCUT2D eigenvalue weighted by atomic mass is 16.2. The molecule has 0 saturated carbocycles. The van der Waals surface area contributed by atoms with Crippen LogP contribution in [-0.2, 0) is 11.3 Å². The third-order valence-electron chi connectivity index (χ3n) is 3.53. The Kier molecular flexibility index (Phi) is 5.68. The van der Waals surface area contributed by atoms with Crippen LogP contribution in [-0.4, -0.2) is 26.8 Å². The van der Waals surface area contributed by atoms with Crippen LogP contribution in [0.4, 0.5) is 17.3 Å². The van der Waals surface area contributed by atoms with Crippen LogP contribution in [0.5, 0.6) is 0 Å². The molecule has 2 amide bonds. The first-order chi connectivity index (χ1) is 13.1. The molecule has 8 nitrogen and oxygen atoms in total. The van der Waals surface area contributed by atoms with Crippen LogP contribution in [0.2, 0.25) is 0 Å². The number of benzene rings is 1. The Morgan fingerprint density at radius 2 is 1.78 bits per heavy atom. The van der Waals surface area contributed by atoms with Crippen molar-refractivity contribution in [1.82, 2.24) is 20.3 Å². The Balaban J connectivity index is 1.62. The first-order valence-corrected chi connectivity index (χ1v) is 8.25. The fourth-order valence-corrected chi connectivity index (χ4v) is 2.29. The number of carbonyl (C=O) groups is 2. The lowest BCUT2D eigenvalue weighted by Crippen LogP contribution is -2.24. The SMILES string of the molecule is CC(=O)Nc1ccc(Nc2nccc(C(=O)NCc3cccnc3)n2)cc1. The monoisotopic (exact) mass is 362 g/mol. The van der Waals surface area contributed by atoms with E-state index in [9.17, 15) is 9.59 Å². The summed E-state index contributed by atoms with van der Waals surface area (Å²) in [5, 5.41) is 8.52. The maximum atomic E-state index is 12.3. The van der Waals surface area contributed by atoms with Crippen molar-refractivity contribution in [3.63, 3.8) is 0 Å². The van der Waals surface area contributed by atoms with E-state index in [0.29, 0.717) is 18.2 Å². The van der Waals surface area contributed by atoms with E-state index in [4.69, 9.17) is 0 Å². The van der Waals surface area contributed by atoms with Crippen molar-refractivity contribution in [2.45, 2.75) is 13.5 Å². The summed E-state index contributed by atoms with van der Waals surface area (Å²) in [6, 6.07) is 12.3. The molecule has 0 bridgehead atoms. The molecule has 8 heteroatoms. The van der Waals surface area contributed by atoms with Gasteiger partial charge in [0, 0.05) is 43.4 Å². The molecule has 0 unspecified atom stereocenters. The lowest BCUT2D eigenvalue weighted by Gasteiger charge is -2.08. The fourth-order valence-electron chi connectivity index (χ4n) is 2.29. The largest absolute Gasteiger partial charge is 0.347 e. The van der Waals surface area contributed by atoms with Crippen LogP contribution in [0.3, 0.4) is 0 Å². The molecule has 3 N–H and O–H groups in total. The fraction of sp³-hybridized carbons (Fsp3) is 0.105. The van der Waals surface area contributed by atoms with Crippen LogP contribution >= 0.6 is 0 Å². The number of nitrogens with zero attached hydrogens (tertiary/aromatic N) is 3. The molecule has 0 fully saturated rings. The zero-order valence-corrected chi connectivity index (χ0v) is 14.6.